The maximum atomic E-state index is 13.0. The summed E-state index contributed by atoms with van der Waals surface area (Å²) in [6.45, 7) is 4.50. The molecular formula is C68H121N2O6P. The van der Waals surface area contributed by atoms with Crippen molar-refractivity contribution in [2.24, 2.45) is 0 Å². The molecule has 3 unspecified atom stereocenters. The number of allylic oxidation sites excluding steroid dienone is 17. The van der Waals surface area contributed by atoms with Crippen LogP contribution >= 0.6 is 7.82 Å². The highest BCUT2D eigenvalue weighted by atomic mass is 31.2. The molecule has 0 aromatic carbocycles. The van der Waals surface area contributed by atoms with Crippen LogP contribution in [-0.2, 0) is 18.4 Å². The molecule has 0 aromatic heterocycles. The van der Waals surface area contributed by atoms with Crippen LogP contribution in [0.5, 0.6) is 0 Å². The average molecular weight is 1090 g/mol. The van der Waals surface area contributed by atoms with E-state index >= 15 is 0 Å². The standard InChI is InChI=1S/C68H121N2O6P/c1-6-8-10-12-14-16-18-20-22-24-26-28-30-32-33-34-35-36-38-39-41-43-45-47-49-51-53-55-57-59-61-67(71)66(65-76-77(73,74)75-64-63-70(3,4)5)69-68(72)62-60-58-56-54-52-50-48-46-44-42-40-37-31-29-27-25-23-21-19-17-15-13-11-9-7-2/h9,11,15,17,21,23,27,29,37,40,43-46,51,53,59,61,66-67,71H,6-8,10,12-14,16,18-20,22,24-26,28,30-36,38-39,41-42,47-50,52,54-58,60,62-65H2,1-5H3,(H-,69,72,73,74)/b11-9-,17-15-,23-21-,29-27-,40-37-,45-43+,46-44-,53-51+,61-59+. The minimum Gasteiger partial charge on any atom is -0.756 e. The SMILES string of the molecule is CC/C=C\C/C=C\C/C=C\C/C=C\C/C=C\C/C=C\CCCCCCCCC(=O)NC(COP(=O)([O-])OCC[N+](C)(C)C)C(O)/C=C/CC/C=C/CC/C=C/CCCCCCCCCCCCCCCCCCCCCC. The van der Waals surface area contributed by atoms with Gasteiger partial charge in [0.1, 0.15) is 13.2 Å². The Morgan fingerprint density at radius 2 is 0.805 bits per heavy atom. The molecule has 0 saturated heterocycles. The summed E-state index contributed by atoms with van der Waals surface area (Å²) in [6, 6.07) is -0.928. The summed E-state index contributed by atoms with van der Waals surface area (Å²) < 4.78 is 23.4. The monoisotopic (exact) mass is 1090 g/mol. The number of likely N-dealkylation sites (N-methyl/N-ethyl adjacent to an activating group) is 1. The lowest BCUT2D eigenvalue weighted by atomic mass is 10.0. The molecule has 0 rings (SSSR count). The van der Waals surface area contributed by atoms with Gasteiger partial charge in [-0.25, -0.2) is 0 Å². The van der Waals surface area contributed by atoms with Gasteiger partial charge in [0.25, 0.3) is 7.82 Å². The molecule has 77 heavy (non-hydrogen) atoms. The molecule has 0 radical (unpaired) electrons. The Hall–Kier alpha value is -2.84. The molecule has 0 aliphatic carbocycles. The Kier molecular flexibility index (Phi) is 55.7. The van der Waals surface area contributed by atoms with Gasteiger partial charge in [-0.2, -0.15) is 0 Å². The van der Waals surface area contributed by atoms with Gasteiger partial charge in [-0.1, -0.05) is 271 Å². The van der Waals surface area contributed by atoms with E-state index in [-0.39, 0.29) is 12.5 Å². The normalized spacial score (nSPS) is 14.5. The first-order valence-corrected chi connectivity index (χ1v) is 33.2. The molecule has 0 aliphatic rings. The van der Waals surface area contributed by atoms with Crippen LogP contribution in [-0.4, -0.2) is 68.5 Å². The molecule has 0 saturated carbocycles. The van der Waals surface area contributed by atoms with Crippen molar-refractivity contribution in [3.63, 3.8) is 0 Å². The number of phosphoric ester groups is 1. The van der Waals surface area contributed by atoms with Gasteiger partial charge in [-0.15, -0.1) is 0 Å². The summed E-state index contributed by atoms with van der Waals surface area (Å²) in [4.78, 5) is 25.6. The third kappa shape index (κ3) is 60.6. The number of aliphatic hydroxyl groups excluding tert-OH is 1. The van der Waals surface area contributed by atoms with Crippen LogP contribution in [0.15, 0.2) is 109 Å². The highest BCUT2D eigenvalue weighted by molar-refractivity contribution is 7.45. The van der Waals surface area contributed by atoms with Crippen molar-refractivity contribution in [2.45, 2.75) is 276 Å². The summed E-state index contributed by atoms with van der Waals surface area (Å²) in [5, 5.41) is 13.9. The van der Waals surface area contributed by atoms with Gasteiger partial charge in [-0.3, -0.25) is 9.36 Å². The average Bonchev–Trinajstić information content (AvgIpc) is 3.39. The lowest BCUT2D eigenvalue weighted by Gasteiger charge is -2.29. The second-order valence-electron chi connectivity index (χ2n) is 22.4. The lowest BCUT2D eigenvalue weighted by Crippen LogP contribution is -2.45. The quantitative estimate of drug-likeness (QED) is 0.0272. The Labute approximate surface area is 476 Å². The fourth-order valence-corrected chi connectivity index (χ4v) is 9.50. The van der Waals surface area contributed by atoms with E-state index in [4.69, 9.17) is 9.05 Å². The molecule has 8 nitrogen and oxygen atoms in total. The minimum atomic E-state index is -4.63. The van der Waals surface area contributed by atoms with Crippen molar-refractivity contribution in [3.8, 4) is 0 Å². The number of aliphatic hydroxyl groups is 1. The number of hydrogen-bond acceptors (Lipinski definition) is 6. The Morgan fingerprint density at radius 3 is 1.21 bits per heavy atom. The van der Waals surface area contributed by atoms with Gasteiger partial charge in [0.15, 0.2) is 0 Å². The van der Waals surface area contributed by atoms with Crippen LogP contribution in [0.25, 0.3) is 0 Å². The van der Waals surface area contributed by atoms with Gasteiger partial charge < -0.3 is 28.8 Å². The number of rotatable bonds is 57. The molecule has 0 aliphatic heterocycles. The van der Waals surface area contributed by atoms with E-state index in [1.54, 1.807) is 6.08 Å². The van der Waals surface area contributed by atoms with E-state index in [9.17, 15) is 19.4 Å². The van der Waals surface area contributed by atoms with E-state index in [1.165, 1.54) is 135 Å². The van der Waals surface area contributed by atoms with Crippen molar-refractivity contribution in [1.29, 1.82) is 0 Å². The molecule has 9 heteroatoms. The molecule has 0 spiro atoms. The first-order chi connectivity index (χ1) is 37.5. The largest absolute Gasteiger partial charge is 0.756 e. The second kappa shape index (κ2) is 57.8. The van der Waals surface area contributed by atoms with Gasteiger partial charge in [0, 0.05) is 6.42 Å². The van der Waals surface area contributed by atoms with Crippen molar-refractivity contribution < 1.29 is 32.9 Å². The van der Waals surface area contributed by atoms with E-state index in [0.717, 1.165) is 109 Å². The number of nitrogens with zero attached hydrogens (tertiary/aromatic N) is 1. The van der Waals surface area contributed by atoms with E-state index in [0.29, 0.717) is 17.4 Å². The van der Waals surface area contributed by atoms with Crippen molar-refractivity contribution in [3.05, 3.63) is 109 Å². The number of unbranched alkanes of at least 4 members (excludes halogenated alkanes) is 28. The number of amides is 1. The molecular weight excluding hydrogens is 972 g/mol. The summed E-state index contributed by atoms with van der Waals surface area (Å²) in [5.74, 6) is -0.229. The first kappa shape index (κ1) is 74.2. The fraction of sp³-hybridized carbons (Fsp3) is 0.721. The number of hydrogen-bond donors (Lipinski definition) is 2. The van der Waals surface area contributed by atoms with E-state index in [1.807, 2.05) is 27.2 Å². The zero-order chi connectivity index (χ0) is 56.3. The van der Waals surface area contributed by atoms with Crippen molar-refractivity contribution >= 4 is 13.7 Å². The lowest BCUT2D eigenvalue weighted by molar-refractivity contribution is -0.870. The molecule has 2 N–H and O–H groups in total. The van der Waals surface area contributed by atoms with Gasteiger partial charge in [0.2, 0.25) is 5.91 Å². The predicted molar refractivity (Wildman–Crippen MR) is 334 cm³/mol. The van der Waals surface area contributed by atoms with Crippen LogP contribution in [0.3, 0.4) is 0 Å². The summed E-state index contributed by atoms with van der Waals surface area (Å²) in [7, 11) is 1.21. The Balaban J connectivity index is 4.27. The summed E-state index contributed by atoms with van der Waals surface area (Å²) >= 11 is 0. The van der Waals surface area contributed by atoms with Crippen LogP contribution in [0.4, 0.5) is 0 Å². The zero-order valence-corrected chi connectivity index (χ0v) is 51.5. The highest BCUT2D eigenvalue weighted by Gasteiger charge is 2.23. The van der Waals surface area contributed by atoms with Gasteiger partial charge in [-0.05, 0) is 96.3 Å². The van der Waals surface area contributed by atoms with Crippen LogP contribution in [0, 0.1) is 0 Å². The van der Waals surface area contributed by atoms with Crippen molar-refractivity contribution in [1.82, 2.24) is 5.32 Å². The Morgan fingerprint density at radius 1 is 0.468 bits per heavy atom. The van der Waals surface area contributed by atoms with Crippen molar-refractivity contribution in [2.75, 3.05) is 40.9 Å². The van der Waals surface area contributed by atoms with E-state index in [2.05, 4.69) is 116 Å². The first-order valence-electron chi connectivity index (χ1n) is 31.7. The fourth-order valence-electron chi connectivity index (χ4n) is 8.78. The summed E-state index contributed by atoms with van der Waals surface area (Å²) in [5.41, 5.74) is 0. The predicted octanol–water partition coefficient (Wildman–Crippen LogP) is 19.3. The number of carbonyl (C=O) groups is 1. The number of quaternary nitrogens is 1. The molecule has 0 aromatic rings. The molecule has 0 heterocycles. The maximum Gasteiger partial charge on any atom is 0.268 e. The zero-order valence-electron chi connectivity index (χ0n) is 50.6. The van der Waals surface area contributed by atoms with Crippen LogP contribution in [0.2, 0.25) is 0 Å². The molecule has 0 fully saturated rings. The number of phosphoric acid groups is 1. The maximum absolute atomic E-state index is 13.0. The topological polar surface area (TPSA) is 108 Å². The second-order valence-corrected chi connectivity index (χ2v) is 23.8. The van der Waals surface area contributed by atoms with Crippen LogP contribution < -0.4 is 10.2 Å². The smallest absolute Gasteiger partial charge is 0.268 e. The Bertz CT molecular complexity index is 1620. The number of nitrogens with one attached hydrogen (secondary N) is 1. The highest BCUT2D eigenvalue weighted by Crippen LogP contribution is 2.38. The molecule has 0 bridgehead atoms. The van der Waals surface area contributed by atoms with Gasteiger partial charge in [0.05, 0.1) is 39.9 Å². The molecule has 3 atom stereocenters. The molecule has 1 amide bonds. The molecule has 444 valence electrons. The number of carbonyl (C=O) groups excluding carboxylic acids is 1. The third-order valence-electron chi connectivity index (χ3n) is 13.7. The summed E-state index contributed by atoms with van der Waals surface area (Å²) in [6.07, 6.45) is 84.8. The van der Waals surface area contributed by atoms with E-state index < -0.39 is 26.6 Å². The van der Waals surface area contributed by atoms with Crippen LogP contribution in [0.1, 0.15) is 264 Å². The van der Waals surface area contributed by atoms with Gasteiger partial charge >= 0.3 is 0 Å². The third-order valence-corrected chi connectivity index (χ3v) is 14.7. The minimum absolute atomic E-state index is 0.0181.